The number of hydrogen-bond donors (Lipinski definition) is 1. The van der Waals surface area contributed by atoms with Gasteiger partial charge in [-0.05, 0) is 62.4 Å². The predicted molar refractivity (Wildman–Crippen MR) is 131 cm³/mol. The van der Waals surface area contributed by atoms with Crippen molar-refractivity contribution >= 4 is 22.9 Å². The van der Waals surface area contributed by atoms with Crippen molar-refractivity contribution in [2.75, 3.05) is 33.4 Å². The van der Waals surface area contributed by atoms with Gasteiger partial charge in [-0.2, -0.15) is 0 Å². The quantitative estimate of drug-likeness (QED) is 0.499. The molecule has 1 aliphatic rings. The summed E-state index contributed by atoms with van der Waals surface area (Å²) in [5.41, 5.74) is 4.03. The Kier molecular flexibility index (Phi) is 7.63. The largest absolute Gasteiger partial charge is 0.436 e. The van der Waals surface area contributed by atoms with E-state index >= 15 is 0 Å². The van der Waals surface area contributed by atoms with Gasteiger partial charge >= 0.3 is 0 Å². The summed E-state index contributed by atoms with van der Waals surface area (Å²) in [6.07, 6.45) is 2.45. The van der Waals surface area contributed by atoms with E-state index in [1.165, 1.54) is 5.56 Å². The Labute approximate surface area is 200 Å². The van der Waals surface area contributed by atoms with Crippen LogP contribution in [0.5, 0.6) is 0 Å². The maximum atomic E-state index is 13.1. The third-order valence-corrected chi connectivity index (χ3v) is 6.71. The van der Waals surface area contributed by atoms with Crippen LogP contribution in [0.4, 0.5) is 0 Å². The van der Waals surface area contributed by atoms with Gasteiger partial charge in [-0.25, -0.2) is 4.98 Å². The molecule has 0 saturated carbocycles. The number of aryl methyl sites for hydroxylation is 1. The molecule has 1 saturated heterocycles. The number of likely N-dealkylation sites (tertiary alicyclic amines) is 1. The molecule has 34 heavy (non-hydrogen) atoms. The van der Waals surface area contributed by atoms with Crippen molar-refractivity contribution in [3.05, 3.63) is 53.6 Å². The number of carbonyl (C=O) groups excluding carboxylic acids is 2. The average Bonchev–Trinajstić information content (AvgIpc) is 3.29. The van der Waals surface area contributed by atoms with Crippen LogP contribution >= 0.6 is 0 Å². The number of benzene rings is 2. The van der Waals surface area contributed by atoms with Crippen molar-refractivity contribution in [1.29, 1.82) is 0 Å². The Morgan fingerprint density at radius 1 is 1.18 bits per heavy atom. The van der Waals surface area contributed by atoms with Gasteiger partial charge in [0, 0.05) is 50.4 Å². The van der Waals surface area contributed by atoms with E-state index in [1.807, 2.05) is 49.1 Å². The molecule has 1 fully saturated rings. The van der Waals surface area contributed by atoms with E-state index in [0.717, 1.165) is 24.8 Å². The van der Waals surface area contributed by atoms with Crippen LogP contribution in [0.2, 0.25) is 0 Å². The van der Waals surface area contributed by atoms with Crippen molar-refractivity contribution in [2.45, 2.75) is 33.1 Å². The lowest BCUT2D eigenvalue weighted by Gasteiger charge is -2.34. The molecular formula is C27H33N3O4. The lowest BCUT2D eigenvalue weighted by molar-refractivity contribution is -0.126. The van der Waals surface area contributed by atoms with Gasteiger partial charge < -0.3 is 19.4 Å². The van der Waals surface area contributed by atoms with Crippen molar-refractivity contribution in [1.82, 2.24) is 15.2 Å². The summed E-state index contributed by atoms with van der Waals surface area (Å²) >= 11 is 0. The van der Waals surface area contributed by atoms with E-state index in [-0.39, 0.29) is 23.7 Å². The standard InChI is InChI=1S/C27H33N3O4/c1-18-5-7-21(8-6-18)26-29-23-17-22(9-10-24(23)34-26)27(32)30-14-11-20(12-15-30)19(2)25(31)28-13-4-16-33-3/h5-10,17,19-20H,4,11-16H2,1-3H3,(H,28,31). The molecule has 1 N–H and O–H groups in total. The molecule has 1 unspecified atom stereocenters. The number of oxazole rings is 1. The topological polar surface area (TPSA) is 84.7 Å². The Morgan fingerprint density at radius 3 is 2.62 bits per heavy atom. The maximum Gasteiger partial charge on any atom is 0.253 e. The second-order valence-corrected chi connectivity index (χ2v) is 9.12. The van der Waals surface area contributed by atoms with Crippen LogP contribution in [0.1, 0.15) is 42.1 Å². The lowest BCUT2D eigenvalue weighted by Crippen LogP contribution is -2.42. The van der Waals surface area contributed by atoms with E-state index in [1.54, 1.807) is 19.2 Å². The predicted octanol–water partition coefficient (Wildman–Crippen LogP) is 4.44. The van der Waals surface area contributed by atoms with Crippen LogP contribution in [0.3, 0.4) is 0 Å². The molecule has 0 bridgehead atoms. The van der Waals surface area contributed by atoms with Crippen LogP contribution in [0, 0.1) is 18.8 Å². The summed E-state index contributed by atoms with van der Waals surface area (Å²) in [7, 11) is 1.66. The molecule has 180 valence electrons. The van der Waals surface area contributed by atoms with Crippen LogP contribution < -0.4 is 5.32 Å². The van der Waals surface area contributed by atoms with Gasteiger partial charge in [0.1, 0.15) is 5.52 Å². The van der Waals surface area contributed by atoms with E-state index in [4.69, 9.17) is 9.15 Å². The Morgan fingerprint density at radius 2 is 1.91 bits per heavy atom. The van der Waals surface area contributed by atoms with Crippen molar-refractivity contribution < 1.29 is 18.7 Å². The van der Waals surface area contributed by atoms with E-state index in [2.05, 4.69) is 10.3 Å². The van der Waals surface area contributed by atoms with Gasteiger partial charge in [-0.1, -0.05) is 24.6 Å². The van der Waals surface area contributed by atoms with Crippen LogP contribution in [-0.2, 0) is 9.53 Å². The number of methoxy groups -OCH3 is 1. The molecule has 4 rings (SSSR count). The first kappa shape index (κ1) is 24.0. The molecule has 2 aromatic carbocycles. The highest BCUT2D eigenvalue weighted by molar-refractivity contribution is 5.97. The summed E-state index contributed by atoms with van der Waals surface area (Å²) in [4.78, 5) is 32.1. The van der Waals surface area contributed by atoms with Crippen molar-refractivity contribution in [3.8, 4) is 11.5 Å². The number of carbonyl (C=O) groups is 2. The molecule has 1 aromatic heterocycles. The summed E-state index contributed by atoms with van der Waals surface area (Å²) in [6, 6.07) is 13.4. The molecule has 0 radical (unpaired) electrons. The SMILES string of the molecule is COCCCNC(=O)C(C)C1CCN(C(=O)c2ccc3oc(-c4ccc(C)cc4)nc3c2)CC1. The number of piperidine rings is 1. The molecule has 3 aromatic rings. The Hall–Kier alpha value is -3.19. The first-order valence-corrected chi connectivity index (χ1v) is 12.0. The maximum absolute atomic E-state index is 13.1. The monoisotopic (exact) mass is 463 g/mol. The zero-order valence-electron chi connectivity index (χ0n) is 20.2. The van der Waals surface area contributed by atoms with Crippen molar-refractivity contribution in [3.63, 3.8) is 0 Å². The minimum atomic E-state index is -0.0635. The zero-order chi connectivity index (χ0) is 24.1. The molecule has 1 aliphatic heterocycles. The first-order valence-electron chi connectivity index (χ1n) is 12.0. The summed E-state index contributed by atoms with van der Waals surface area (Å²) < 4.78 is 10.9. The normalized spacial score (nSPS) is 15.4. The highest BCUT2D eigenvalue weighted by Crippen LogP contribution is 2.28. The van der Waals surface area contributed by atoms with Gasteiger partial charge in [0.25, 0.3) is 5.91 Å². The lowest BCUT2D eigenvalue weighted by atomic mass is 9.84. The highest BCUT2D eigenvalue weighted by atomic mass is 16.5. The third-order valence-electron chi connectivity index (χ3n) is 6.71. The fraction of sp³-hybridized carbons (Fsp3) is 0.444. The smallest absolute Gasteiger partial charge is 0.253 e. The summed E-state index contributed by atoms with van der Waals surface area (Å²) in [5, 5.41) is 2.99. The van der Waals surface area contributed by atoms with Gasteiger partial charge in [0.2, 0.25) is 11.8 Å². The van der Waals surface area contributed by atoms with E-state index < -0.39 is 0 Å². The van der Waals surface area contributed by atoms with E-state index in [0.29, 0.717) is 48.8 Å². The van der Waals surface area contributed by atoms with Crippen LogP contribution in [-0.4, -0.2) is 55.0 Å². The van der Waals surface area contributed by atoms with E-state index in [9.17, 15) is 9.59 Å². The fourth-order valence-corrected chi connectivity index (χ4v) is 4.47. The Bertz CT molecular complexity index is 1130. The second kappa shape index (κ2) is 10.8. The van der Waals surface area contributed by atoms with Crippen LogP contribution in [0.25, 0.3) is 22.6 Å². The molecule has 0 aliphatic carbocycles. The average molecular weight is 464 g/mol. The minimum absolute atomic E-state index is 0.00286. The fourth-order valence-electron chi connectivity index (χ4n) is 4.47. The van der Waals surface area contributed by atoms with Gasteiger partial charge in [-0.15, -0.1) is 0 Å². The van der Waals surface area contributed by atoms with Gasteiger partial charge in [-0.3, -0.25) is 9.59 Å². The zero-order valence-corrected chi connectivity index (χ0v) is 20.2. The van der Waals surface area contributed by atoms with Gasteiger partial charge in [0.15, 0.2) is 5.58 Å². The highest BCUT2D eigenvalue weighted by Gasteiger charge is 2.30. The van der Waals surface area contributed by atoms with Crippen LogP contribution in [0.15, 0.2) is 46.9 Å². The number of aromatic nitrogens is 1. The summed E-state index contributed by atoms with van der Waals surface area (Å²) in [6.45, 7) is 6.59. The number of amides is 2. The summed E-state index contributed by atoms with van der Waals surface area (Å²) in [5.74, 6) is 0.849. The molecule has 0 spiro atoms. The molecular weight excluding hydrogens is 430 g/mol. The molecule has 1 atom stereocenters. The first-order chi connectivity index (χ1) is 16.5. The minimum Gasteiger partial charge on any atom is -0.436 e. The number of hydrogen-bond acceptors (Lipinski definition) is 5. The molecule has 7 heteroatoms. The second-order valence-electron chi connectivity index (χ2n) is 9.12. The molecule has 2 amide bonds. The Balaban J connectivity index is 1.35. The number of fused-ring (bicyclic) bond motifs is 1. The number of nitrogens with one attached hydrogen (secondary N) is 1. The van der Waals surface area contributed by atoms with Gasteiger partial charge in [0.05, 0.1) is 0 Å². The number of ether oxygens (including phenoxy) is 1. The third kappa shape index (κ3) is 5.47. The number of rotatable bonds is 8. The van der Waals surface area contributed by atoms with Crippen molar-refractivity contribution in [2.24, 2.45) is 11.8 Å². The number of nitrogens with zero attached hydrogens (tertiary/aromatic N) is 2. The molecule has 7 nitrogen and oxygen atoms in total. The molecule has 2 heterocycles.